The third-order valence-electron chi connectivity index (χ3n) is 8.19. The van der Waals surface area contributed by atoms with Crippen molar-refractivity contribution >= 4 is 17.5 Å². The number of carbonyl (C=O) groups is 1. The van der Waals surface area contributed by atoms with E-state index in [1.54, 1.807) is 24.6 Å². The number of hydrogen-bond donors (Lipinski definition) is 1. The van der Waals surface area contributed by atoms with Crippen LogP contribution in [0, 0.1) is 34.4 Å². The number of hydrogen-bond acceptors (Lipinski definition) is 8. The van der Waals surface area contributed by atoms with Crippen LogP contribution in [0.5, 0.6) is 0 Å². The molecule has 0 radical (unpaired) electrons. The molecule has 0 saturated carbocycles. The molecule has 1 amide bonds. The second-order valence-electron chi connectivity index (χ2n) is 11.7. The van der Waals surface area contributed by atoms with Crippen LogP contribution in [0.4, 0.5) is 29.2 Å². The average molecular weight is 660 g/mol. The summed E-state index contributed by atoms with van der Waals surface area (Å²) in [4.78, 5) is 21.7. The zero-order valence-corrected chi connectivity index (χ0v) is 26.9. The highest BCUT2D eigenvalue weighted by Crippen LogP contribution is 2.41. The first-order valence-corrected chi connectivity index (χ1v) is 15.4. The van der Waals surface area contributed by atoms with Crippen molar-refractivity contribution in [2.45, 2.75) is 46.5 Å². The van der Waals surface area contributed by atoms with E-state index in [-0.39, 0.29) is 59.3 Å². The van der Waals surface area contributed by atoms with Gasteiger partial charge in [0.2, 0.25) is 0 Å². The predicted molar refractivity (Wildman–Crippen MR) is 171 cm³/mol. The Morgan fingerprint density at radius 1 is 1.08 bits per heavy atom. The molecule has 1 atom stereocenters. The first-order chi connectivity index (χ1) is 22.9. The molecule has 2 aromatic carbocycles. The van der Waals surface area contributed by atoms with Crippen LogP contribution in [0.3, 0.4) is 0 Å². The summed E-state index contributed by atoms with van der Waals surface area (Å²) in [7, 11) is 1.66. The van der Waals surface area contributed by atoms with Crippen molar-refractivity contribution in [1.29, 1.82) is 10.5 Å². The van der Waals surface area contributed by atoms with Crippen LogP contribution in [0.25, 0.3) is 22.5 Å². The summed E-state index contributed by atoms with van der Waals surface area (Å²) in [6, 6.07) is 12.2. The molecule has 0 bridgehead atoms. The second-order valence-corrected chi connectivity index (χ2v) is 11.7. The minimum Gasteiger partial charge on any atom is -0.369 e. The van der Waals surface area contributed by atoms with Gasteiger partial charge in [-0.3, -0.25) is 14.6 Å². The molecule has 14 heteroatoms. The van der Waals surface area contributed by atoms with Gasteiger partial charge in [0.05, 0.1) is 29.7 Å². The number of halogens is 4. The summed E-state index contributed by atoms with van der Waals surface area (Å²) in [6.07, 6.45) is -2.45. The van der Waals surface area contributed by atoms with Crippen molar-refractivity contribution in [3.8, 4) is 34.7 Å². The highest BCUT2D eigenvalue weighted by atomic mass is 19.4. The molecule has 0 saturated heterocycles. The molecule has 1 N–H and O–H groups in total. The smallest absolute Gasteiger partial charge is 0.369 e. The molecule has 10 nitrogen and oxygen atoms in total. The molecule has 5 rings (SSSR count). The van der Waals surface area contributed by atoms with E-state index in [4.69, 9.17) is 0 Å². The zero-order valence-electron chi connectivity index (χ0n) is 26.9. The number of rotatable bonds is 11. The fourth-order valence-electron chi connectivity index (χ4n) is 5.73. The van der Waals surface area contributed by atoms with Gasteiger partial charge in [-0.15, -0.1) is 10.2 Å². The van der Waals surface area contributed by atoms with Gasteiger partial charge in [-0.05, 0) is 85.1 Å². The van der Waals surface area contributed by atoms with E-state index < -0.39 is 29.4 Å². The molecule has 48 heavy (non-hydrogen) atoms. The summed E-state index contributed by atoms with van der Waals surface area (Å²) in [6.45, 7) is 6.99. The van der Waals surface area contributed by atoms with Crippen LogP contribution >= 0.6 is 0 Å². The lowest BCUT2D eigenvalue weighted by molar-refractivity contribution is -0.138. The number of amides is 1. The molecule has 1 unspecified atom stereocenters. The molecule has 1 aliphatic rings. The van der Waals surface area contributed by atoms with Gasteiger partial charge in [0.15, 0.2) is 5.82 Å². The Labute approximate surface area is 275 Å². The van der Waals surface area contributed by atoms with Crippen molar-refractivity contribution in [2.24, 2.45) is 13.0 Å². The monoisotopic (exact) mass is 659 g/mol. The molecule has 0 aliphatic carbocycles. The predicted octanol–water partition coefficient (Wildman–Crippen LogP) is 6.54. The minimum absolute atomic E-state index is 0.0309. The Balaban J connectivity index is 1.66. The van der Waals surface area contributed by atoms with Crippen LogP contribution in [-0.4, -0.2) is 50.2 Å². The number of nitriles is 2. The van der Waals surface area contributed by atoms with Crippen LogP contribution in [-0.2, 0) is 26.3 Å². The van der Waals surface area contributed by atoms with Gasteiger partial charge in [-0.1, -0.05) is 13.8 Å². The number of carbonyl (C=O) groups excluding carboxylic acids is 1. The highest BCUT2D eigenvalue weighted by molar-refractivity contribution is 6.10. The minimum atomic E-state index is -4.71. The fraction of sp³-hybridized carbons (Fsp3) is 0.353. The van der Waals surface area contributed by atoms with Gasteiger partial charge < -0.3 is 9.88 Å². The van der Waals surface area contributed by atoms with Crippen molar-refractivity contribution < 1.29 is 22.4 Å². The summed E-state index contributed by atoms with van der Waals surface area (Å²) >= 11 is 0. The maximum absolute atomic E-state index is 15.0. The number of benzene rings is 2. The maximum Gasteiger partial charge on any atom is 0.416 e. The summed E-state index contributed by atoms with van der Waals surface area (Å²) in [5, 5.41) is 30.0. The van der Waals surface area contributed by atoms with Crippen LogP contribution in [0.2, 0.25) is 0 Å². The normalized spacial score (nSPS) is 13.4. The number of anilines is 2. The van der Waals surface area contributed by atoms with E-state index in [0.717, 1.165) is 18.6 Å². The van der Waals surface area contributed by atoms with Gasteiger partial charge in [-0.2, -0.15) is 23.7 Å². The van der Waals surface area contributed by atoms with Gasteiger partial charge in [-0.25, -0.2) is 9.37 Å². The lowest BCUT2D eigenvalue weighted by atomic mass is 9.96. The van der Waals surface area contributed by atoms with Crippen LogP contribution < -0.4 is 10.2 Å². The molecule has 3 heterocycles. The first-order valence-electron chi connectivity index (χ1n) is 15.4. The summed E-state index contributed by atoms with van der Waals surface area (Å²) in [5.41, 5.74) is 0.0544. The third kappa shape index (κ3) is 6.85. The summed E-state index contributed by atoms with van der Waals surface area (Å²) in [5.74, 6) is -1.32. The van der Waals surface area contributed by atoms with E-state index >= 15 is 0 Å². The van der Waals surface area contributed by atoms with Gasteiger partial charge >= 0.3 is 6.18 Å². The Bertz CT molecular complexity index is 1940. The van der Waals surface area contributed by atoms with Gasteiger partial charge in [0, 0.05) is 31.3 Å². The molecule has 1 aliphatic heterocycles. The molecule has 4 aromatic rings. The number of fused-ring (bicyclic) bond motifs is 1. The van der Waals surface area contributed by atoms with E-state index in [0.29, 0.717) is 29.8 Å². The van der Waals surface area contributed by atoms with E-state index in [9.17, 15) is 32.9 Å². The van der Waals surface area contributed by atoms with Gasteiger partial charge in [0.25, 0.3) is 5.91 Å². The van der Waals surface area contributed by atoms with E-state index in [1.165, 1.54) is 29.4 Å². The van der Waals surface area contributed by atoms with Crippen molar-refractivity contribution in [1.82, 2.24) is 24.6 Å². The fourth-order valence-corrected chi connectivity index (χ4v) is 5.73. The molecule has 248 valence electrons. The summed E-state index contributed by atoms with van der Waals surface area (Å²) < 4.78 is 59.9. The Hall–Kier alpha value is -5.34. The number of pyridine rings is 1. The Kier molecular flexibility index (Phi) is 9.77. The average Bonchev–Trinajstić information content (AvgIpc) is 3.64. The topological polar surface area (TPSA) is 127 Å². The molecular weight excluding hydrogens is 626 g/mol. The van der Waals surface area contributed by atoms with Crippen molar-refractivity contribution in [3.05, 3.63) is 76.4 Å². The van der Waals surface area contributed by atoms with E-state index in [1.807, 2.05) is 24.8 Å². The number of alkyl halides is 3. The van der Waals surface area contributed by atoms with E-state index in [2.05, 4.69) is 26.6 Å². The third-order valence-corrected chi connectivity index (χ3v) is 8.19. The van der Waals surface area contributed by atoms with Crippen LogP contribution in [0.1, 0.15) is 59.8 Å². The van der Waals surface area contributed by atoms with Crippen molar-refractivity contribution in [3.63, 3.8) is 0 Å². The van der Waals surface area contributed by atoms with Gasteiger partial charge in [0.1, 0.15) is 29.8 Å². The number of aryl methyl sites for hydroxylation is 1. The maximum atomic E-state index is 15.0. The second kappa shape index (κ2) is 13.8. The largest absolute Gasteiger partial charge is 0.416 e. The molecule has 0 fully saturated rings. The first kappa shape index (κ1) is 34.0. The SMILES string of the molecule is CCCN(CC)Cc1cc2c(c(C(F)(F)F)c1)CN(c1cc(-c3cc(C#N)c(F)cc3-c3nncn3C)cc(NCC(C)C#N)n1)C2=O. The lowest BCUT2D eigenvalue weighted by Crippen LogP contribution is -2.25. The molecular formula is C34H33F4N9O. The lowest BCUT2D eigenvalue weighted by Gasteiger charge is -2.21. The quantitative estimate of drug-likeness (QED) is 0.180. The standard InChI is InChI=1S/C34H33F4N9O/c1-5-7-46(6-2)17-21-8-26-27(28(9-21)34(36,37)38)18-47(33(26)48)31-12-22(11-30(43-31)41-16-20(3)14-39)24-10-23(15-40)29(35)13-25(24)32-44-42-19-45(32)4/h8-13,19-20H,5-7,16-18H2,1-4H3,(H,41,43). The number of nitrogens with one attached hydrogen (secondary N) is 1. The highest BCUT2D eigenvalue weighted by Gasteiger charge is 2.41. The Morgan fingerprint density at radius 2 is 1.85 bits per heavy atom. The number of nitrogens with zero attached hydrogens (tertiary/aromatic N) is 8. The molecule has 2 aromatic heterocycles. The number of aromatic nitrogens is 4. The van der Waals surface area contributed by atoms with Crippen molar-refractivity contribution in [2.75, 3.05) is 29.9 Å². The Morgan fingerprint density at radius 3 is 2.48 bits per heavy atom. The molecule has 0 spiro atoms. The zero-order chi connectivity index (χ0) is 34.7. The van der Waals surface area contributed by atoms with Crippen LogP contribution in [0.15, 0.2) is 42.7 Å².